The number of nitrogens with zero attached hydrogens (tertiary/aromatic N) is 2. The summed E-state index contributed by atoms with van der Waals surface area (Å²) in [7, 11) is -3.83. The Balaban J connectivity index is 1.49. The van der Waals surface area contributed by atoms with Gasteiger partial charge in [-0.2, -0.15) is 5.10 Å². The summed E-state index contributed by atoms with van der Waals surface area (Å²) in [6.07, 6.45) is 3.19. The summed E-state index contributed by atoms with van der Waals surface area (Å²) in [5.74, 6) is -1.95. The van der Waals surface area contributed by atoms with Crippen molar-refractivity contribution >= 4 is 16.1 Å². The second-order valence-electron chi connectivity index (χ2n) is 9.42. The van der Waals surface area contributed by atoms with E-state index in [4.69, 9.17) is 0 Å². The fraction of sp³-hybridized carbons (Fsp3) is 0.207. The molecule has 3 aromatic carbocycles. The van der Waals surface area contributed by atoms with Gasteiger partial charge in [-0.1, -0.05) is 42.5 Å². The van der Waals surface area contributed by atoms with Gasteiger partial charge in [-0.25, -0.2) is 31.0 Å². The zero-order valence-corrected chi connectivity index (χ0v) is 21.4. The molecular weight excluding hydrogens is 511 g/mol. The minimum Gasteiger partial charge on any atom is -0.234 e. The van der Waals surface area contributed by atoms with Gasteiger partial charge in [-0.3, -0.25) is 0 Å². The largest absolute Gasteiger partial charge is 0.234 e. The Morgan fingerprint density at radius 3 is 2.53 bits per heavy atom. The van der Waals surface area contributed by atoms with E-state index < -0.39 is 27.7 Å². The molecule has 1 heterocycles. The van der Waals surface area contributed by atoms with Crippen molar-refractivity contribution in [3.05, 3.63) is 124 Å². The maximum atomic E-state index is 14.8. The number of nitrogens with one attached hydrogen (secondary N) is 1. The van der Waals surface area contributed by atoms with Gasteiger partial charge in [-0.05, 0) is 67.7 Å². The molecule has 5 rings (SSSR count). The Labute approximate surface area is 219 Å². The molecular formula is C29H26F3N3O2S. The molecule has 4 aromatic rings. The van der Waals surface area contributed by atoms with E-state index in [1.807, 2.05) is 36.4 Å². The number of benzene rings is 3. The van der Waals surface area contributed by atoms with Gasteiger partial charge < -0.3 is 0 Å². The lowest BCUT2D eigenvalue weighted by atomic mass is 9.97. The molecule has 0 spiro atoms. The average Bonchev–Trinajstić information content (AvgIpc) is 3.44. The first kappa shape index (κ1) is 25.9. The molecule has 1 unspecified atom stereocenters. The van der Waals surface area contributed by atoms with Crippen LogP contribution in [0.25, 0.3) is 11.8 Å². The van der Waals surface area contributed by atoms with Crippen LogP contribution in [-0.4, -0.2) is 18.2 Å². The third-order valence-corrected chi connectivity index (χ3v) is 7.91. The number of halogens is 3. The molecule has 196 valence electrons. The van der Waals surface area contributed by atoms with Crippen molar-refractivity contribution in [1.29, 1.82) is 0 Å². The summed E-state index contributed by atoms with van der Waals surface area (Å²) in [6.45, 7) is 1.75. The van der Waals surface area contributed by atoms with Crippen LogP contribution in [0.2, 0.25) is 0 Å². The van der Waals surface area contributed by atoms with Crippen LogP contribution >= 0.6 is 0 Å². The second-order valence-corrected chi connectivity index (χ2v) is 11.0. The quantitative estimate of drug-likeness (QED) is 0.291. The lowest BCUT2D eigenvalue weighted by molar-refractivity contribution is 0.563. The Morgan fingerprint density at radius 1 is 1.03 bits per heavy atom. The number of aromatic nitrogens is 2. The topological polar surface area (TPSA) is 64.0 Å². The lowest BCUT2D eigenvalue weighted by Gasteiger charge is -2.15. The first-order valence-corrected chi connectivity index (χ1v) is 13.8. The van der Waals surface area contributed by atoms with Crippen molar-refractivity contribution in [2.45, 2.75) is 38.1 Å². The molecule has 2 atom stereocenters. The predicted octanol–water partition coefficient (Wildman–Crippen LogP) is 6.21. The van der Waals surface area contributed by atoms with E-state index in [0.29, 0.717) is 30.7 Å². The Hall–Kier alpha value is -3.69. The molecule has 0 radical (unpaired) electrons. The first-order chi connectivity index (χ1) is 18.2. The van der Waals surface area contributed by atoms with E-state index in [1.54, 1.807) is 13.0 Å². The summed E-state index contributed by atoms with van der Waals surface area (Å²) in [5.41, 5.74) is 3.56. The number of hydrogen-bond acceptors (Lipinski definition) is 3. The van der Waals surface area contributed by atoms with Gasteiger partial charge in [0.05, 0.1) is 11.4 Å². The molecule has 38 heavy (non-hydrogen) atoms. The standard InChI is InChI=1S/C29H26F3N3O2S/c1-19(21-7-3-2-4-8-21)34-38(36,37)15-14-27-25-12-10-22(16-20-6-5-9-23(30)17-20)29(25)35(33-27)28-13-11-24(31)18-26(28)32/h2-9,11,13-15,17-19,22,34H,10,12,16H2,1H3/t19-,22?/m0/s1. The van der Waals surface area contributed by atoms with E-state index in [2.05, 4.69) is 9.82 Å². The van der Waals surface area contributed by atoms with Crippen LogP contribution < -0.4 is 4.72 Å². The van der Waals surface area contributed by atoms with E-state index in [-0.39, 0.29) is 17.4 Å². The van der Waals surface area contributed by atoms with Crippen LogP contribution in [0, 0.1) is 17.5 Å². The van der Waals surface area contributed by atoms with Gasteiger partial charge in [0.15, 0.2) is 5.82 Å². The zero-order chi connectivity index (χ0) is 26.9. The SMILES string of the molecule is C[C@H](NS(=O)(=O)C=Cc1nn(-c2ccc(F)cc2F)c2c1CCC2Cc1cccc(F)c1)c1ccccc1. The molecule has 1 aliphatic carbocycles. The van der Waals surface area contributed by atoms with Gasteiger partial charge in [0.1, 0.15) is 17.3 Å². The second kappa shape index (κ2) is 10.6. The molecule has 0 fully saturated rings. The highest BCUT2D eigenvalue weighted by Crippen LogP contribution is 2.39. The van der Waals surface area contributed by atoms with Gasteiger partial charge in [0.2, 0.25) is 10.0 Å². The molecule has 0 saturated heterocycles. The van der Waals surface area contributed by atoms with Crippen LogP contribution in [-0.2, 0) is 22.9 Å². The van der Waals surface area contributed by atoms with Gasteiger partial charge in [0, 0.05) is 29.0 Å². The van der Waals surface area contributed by atoms with Gasteiger partial charge in [0.25, 0.3) is 0 Å². The van der Waals surface area contributed by atoms with Crippen molar-refractivity contribution in [2.24, 2.45) is 0 Å². The van der Waals surface area contributed by atoms with Crippen molar-refractivity contribution in [1.82, 2.24) is 14.5 Å². The van der Waals surface area contributed by atoms with Crippen LogP contribution in [0.5, 0.6) is 0 Å². The van der Waals surface area contributed by atoms with Crippen LogP contribution in [0.15, 0.2) is 78.2 Å². The van der Waals surface area contributed by atoms with Crippen molar-refractivity contribution in [2.75, 3.05) is 0 Å². The highest BCUT2D eigenvalue weighted by molar-refractivity contribution is 7.92. The lowest BCUT2D eigenvalue weighted by Crippen LogP contribution is -2.24. The summed E-state index contributed by atoms with van der Waals surface area (Å²) in [5, 5.41) is 5.60. The van der Waals surface area contributed by atoms with E-state index in [0.717, 1.165) is 34.2 Å². The number of fused-ring (bicyclic) bond motifs is 1. The summed E-state index contributed by atoms with van der Waals surface area (Å²) >= 11 is 0. The summed E-state index contributed by atoms with van der Waals surface area (Å²) in [4.78, 5) is 0. The molecule has 0 saturated carbocycles. The molecule has 1 N–H and O–H groups in total. The van der Waals surface area contributed by atoms with E-state index in [9.17, 15) is 21.6 Å². The maximum Gasteiger partial charge on any atom is 0.234 e. The molecule has 0 amide bonds. The zero-order valence-electron chi connectivity index (χ0n) is 20.6. The van der Waals surface area contributed by atoms with E-state index >= 15 is 0 Å². The summed E-state index contributed by atoms with van der Waals surface area (Å²) in [6, 6.07) is 18.3. The number of hydrogen-bond donors (Lipinski definition) is 1. The first-order valence-electron chi connectivity index (χ1n) is 12.3. The van der Waals surface area contributed by atoms with E-state index in [1.165, 1.54) is 29.0 Å². The van der Waals surface area contributed by atoms with Crippen LogP contribution in [0.3, 0.4) is 0 Å². The van der Waals surface area contributed by atoms with Gasteiger partial charge >= 0.3 is 0 Å². The number of rotatable bonds is 8. The molecule has 5 nitrogen and oxygen atoms in total. The number of sulfonamides is 1. The monoisotopic (exact) mass is 537 g/mol. The Bertz CT molecular complexity index is 1600. The third kappa shape index (κ3) is 5.58. The minimum atomic E-state index is -3.83. The highest BCUT2D eigenvalue weighted by atomic mass is 32.2. The minimum absolute atomic E-state index is 0.0622. The molecule has 1 aromatic heterocycles. The van der Waals surface area contributed by atoms with Crippen molar-refractivity contribution in [3.63, 3.8) is 0 Å². The Kier molecular flexibility index (Phi) is 7.23. The van der Waals surface area contributed by atoms with Crippen molar-refractivity contribution in [3.8, 4) is 5.69 Å². The highest BCUT2D eigenvalue weighted by Gasteiger charge is 2.32. The Morgan fingerprint density at radius 2 is 1.79 bits per heavy atom. The van der Waals surface area contributed by atoms with Crippen LogP contribution in [0.4, 0.5) is 13.2 Å². The summed E-state index contributed by atoms with van der Waals surface area (Å²) < 4.78 is 72.0. The average molecular weight is 538 g/mol. The fourth-order valence-electron chi connectivity index (χ4n) is 4.98. The normalized spacial score (nSPS) is 16.2. The molecule has 0 aliphatic heterocycles. The molecule has 0 bridgehead atoms. The van der Waals surface area contributed by atoms with Crippen molar-refractivity contribution < 1.29 is 21.6 Å². The van der Waals surface area contributed by atoms with Crippen LogP contribution in [0.1, 0.15) is 53.4 Å². The van der Waals surface area contributed by atoms with Gasteiger partial charge in [-0.15, -0.1) is 0 Å². The molecule has 1 aliphatic rings. The smallest absolute Gasteiger partial charge is 0.234 e. The third-order valence-electron chi connectivity index (χ3n) is 6.74. The predicted molar refractivity (Wildman–Crippen MR) is 141 cm³/mol. The molecule has 9 heteroatoms. The maximum absolute atomic E-state index is 14.8. The fourth-order valence-corrected chi connectivity index (χ4v) is 5.99.